The summed E-state index contributed by atoms with van der Waals surface area (Å²) in [5.41, 5.74) is 1.00. The van der Waals surface area contributed by atoms with E-state index in [0.29, 0.717) is 6.54 Å². The molecular formula is C13H12FN3S2. The molecule has 1 heterocycles. The van der Waals surface area contributed by atoms with E-state index in [4.69, 9.17) is 0 Å². The highest BCUT2D eigenvalue weighted by molar-refractivity contribution is 8.01. The summed E-state index contributed by atoms with van der Waals surface area (Å²) in [7, 11) is 0. The number of thioether (sulfide) groups is 1. The Morgan fingerprint density at radius 2 is 2.11 bits per heavy atom. The summed E-state index contributed by atoms with van der Waals surface area (Å²) < 4.78 is 13.6. The van der Waals surface area contributed by atoms with Crippen LogP contribution >= 0.6 is 23.1 Å². The molecule has 0 aliphatic rings. The average Bonchev–Trinajstić information content (AvgIpc) is 2.86. The average molecular weight is 293 g/mol. The molecule has 19 heavy (non-hydrogen) atoms. The summed E-state index contributed by atoms with van der Waals surface area (Å²) in [5, 5.41) is 12.0. The number of hydrogen-bond acceptors (Lipinski definition) is 5. The van der Waals surface area contributed by atoms with Crippen molar-refractivity contribution in [1.82, 2.24) is 10.2 Å². The number of aromatic nitrogens is 2. The van der Waals surface area contributed by atoms with Crippen LogP contribution in [0.4, 0.5) is 9.52 Å². The van der Waals surface area contributed by atoms with Crippen LogP contribution in [0.2, 0.25) is 0 Å². The molecular weight excluding hydrogens is 281 g/mol. The molecule has 0 amide bonds. The van der Waals surface area contributed by atoms with Gasteiger partial charge in [-0.05, 0) is 24.6 Å². The second kappa shape index (κ2) is 7.12. The maximum absolute atomic E-state index is 12.7. The second-order valence-electron chi connectivity index (χ2n) is 3.57. The van der Waals surface area contributed by atoms with Crippen molar-refractivity contribution in [2.75, 3.05) is 11.1 Å². The molecule has 1 aromatic heterocycles. The van der Waals surface area contributed by atoms with Gasteiger partial charge in [0.1, 0.15) is 5.82 Å². The number of halogens is 1. The van der Waals surface area contributed by atoms with Crippen molar-refractivity contribution in [3.05, 3.63) is 35.6 Å². The number of benzene rings is 1. The van der Waals surface area contributed by atoms with Crippen molar-refractivity contribution in [3.8, 4) is 11.8 Å². The molecule has 0 radical (unpaired) electrons. The molecule has 0 atom stereocenters. The third-order valence-corrected chi connectivity index (χ3v) is 4.10. The Morgan fingerprint density at radius 1 is 1.32 bits per heavy atom. The molecule has 2 aromatic rings. The van der Waals surface area contributed by atoms with Gasteiger partial charge in [-0.1, -0.05) is 41.2 Å². The zero-order valence-corrected chi connectivity index (χ0v) is 11.9. The summed E-state index contributed by atoms with van der Waals surface area (Å²) in [6, 6.07) is 6.38. The molecule has 3 nitrogen and oxygen atoms in total. The summed E-state index contributed by atoms with van der Waals surface area (Å²) in [6.45, 7) is 2.42. The lowest BCUT2D eigenvalue weighted by molar-refractivity contribution is 0.627. The lowest BCUT2D eigenvalue weighted by Gasteiger charge is -2.01. The minimum absolute atomic E-state index is 0.226. The normalized spacial score (nSPS) is 9.79. The predicted octanol–water partition coefficient (Wildman–Crippen LogP) is 3.40. The van der Waals surface area contributed by atoms with Gasteiger partial charge in [0.05, 0.1) is 5.75 Å². The van der Waals surface area contributed by atoms with Crippen LogP contribution in [0.25, 0.3) is 0 Å². The summed E-state index contributed by atoms with van der Waals surface area (Å²) in [5.74, 6) is 6.30. The molecule has 0 saturated carbocycles. The molecule has 0 bridgehead atoms. The summed E-state index contributed by atoms with van der Waals surface area (Å²) in [4.78, 5) is 0. The van der Waals surface area contributed by atoms with Crippen LogP contribution in [-0.4, -0.2) is 16.0 Å². The van der Waals surface area contributed by atoms with Crippen LogP contribution in [0.3, 0.4) is 0 Å². The van der Waals surface area contributed by atoms with E-state index in [1.807, 2.05) is 6.92 Å². The molecule has 1 aromatic carbocycles. The maximum Gasteiger partial charge on any atom is 0.206 e. The van der Waals surface area contributed by atoms with E-state index in [2.05, 4.69) is 27.4 Å². The first-order valence-electron chi connectivity index (χ1n) is 5.62. The van der Waals surface area contributed by atoms with Crippen molar-refractivity contribution >= 4 is 28.2 Å². The van der Waals surface area contributed by atoms with E-state index in [0.717, 1.165) is 20.8 Å². The Hall–Kier alpha value is -1.58. The largest absolute Gasteiger partial charge is 0.356 e. The summed E-state index contributed by atoms with van der Waals surface area (Å²) >= 11 is 3.06. The van der Waals surface area contributed by atoms with E-state index in [9.17, 15) is 4.39 Å². The second-order valence-corrected chi connectivity index (χ2v) is 5.77. The van der Waals surface area contributed by atoms with Crippen molar-refractivity contribution in [3.63, 3.8) is 0 Å². The van der Waals surface area contributed by atoms with Gasteiger partial charge in [0.2, 0.25) is 5.13 Å². The van der Waals surface area contributed by atoms with Gasteiger partial charge >= 0.3 is 0 Å². The van der Waals surface area contributed by atoms with Gasteiger partial charge in [0.25, 0.3) is 0 Å². The van der Waals surface area contributed by atoms with E-state index in [1.165, 1.54) is 23.5 Å². The third-order valence-electron chi connectivity index (χ3n) is 2.21. The molecule has 0 fully saturated rings. The van der Waals surface area contributed by atoms with Crippen molar-refractivity contribution < 1.29 is 4.39 Å². The standard InChI is InChI=1S/C13H12FN3S2/c1-2-3-8-18-13-17-16-12(19-13)15-9-10-4-6-11(14)7-5-10/h4-7H,8-9H2,1H3,(H,15,16). The fourth-order valence-electron chi connectivity index (χ4n) is 1.29. The lowest BCUT2D eigenvalue weighted by Crippen LogP contribution is -1.98. The Balaban J connectivity index is 1.85. The van der Waals surface area contributed by atoms with Gasteiger partial charge in [0.15, 0.2) is 4.34 Å². The van der Waals surface area contributed by atoms with Gasteiger partial charge in [-0.3, -0.25) is 0 Å². The molecule has 0 aliphatic heterocycles. The smallest absolute Gasteiger partial charge is 0.206 e. The molecule has 0 saturated heterocycles. The van der Waals surface area contributed by atoms with Crippen LogP contribution < -0.4 is 5.32 Å². The van der Waals surface area contributed by atoms with Gasteiger partial charge in [0, 0.05) is 6.54 Å². The number of hydrogen-bond donors (Lipinski definition) is 1. The van der Waals surface area contributed by atoms with Crippen LogP contribution in [0.5, 0.6) is 0 Å². The van der Waals surface area contributed by atoms with Gasteiger partial charge in [-0.25, -0.2) is 4.39 Å². The summed E-state index contributed by atoms with van der Waals surface area (Å²) in [6.07, 6.45) is 0. The zero-order valence-electron chi connectivity index (χ0n) is 10.3. The highest BCUT2D eigenvalue weighted by Gasteiger charge is 2.03. The molecule has 2 rings (SSSR count). The van der Waals surface area contributed by atoms with Crippen molar-refractivity contribution in [1.29, 1.82) is 0 Å². The Labute approximate surface area is 119 Å². The van der Waals surface area contributed by atoms with Crippen LogP contribution in [0.1, 0.15) is 12.5 Å². The first-order valence-corrected chi connectivity index (χ1v) is 7.42. The Kier molecular flexibility index (Phi) is 5.19. The van der Waals surface area contributed by atoms with Gasteiger partial charge in [-0.2, -0.15) is 0 Å². The quantitative estimate of drug-likeness (QED) is 0.677. The zero-order chi connectivity index (χ0) is 13.5. The minimum Gasteiger partial charge on any atom is -0.356 e. The molecule has 6 heteroatoms. The lowest BCUT2D eigenvalue weighted by atomic mass is 10.2. The first-order chi connectivity index (χ1) is 9.28. The van der Waals surface area contributed by atoms with Gasteiger partial charge in [-0.15, -0.1) is 16.1 Å². The third kappa shape index (κ3) is 4.54. The van der Waals surface area contributed by atoms with E-state index < -0.39 is 0 Å². The Morgan fingerprint density at radius 3 is 2.84 bits per heavy atom. The topological polar surface area (TPSA) is 37.8 Å². The number of rotatable bonds is 5. The Bertz CT molecular complexity index is 584. The molecule has 0 unspecified atom stereocenters. The fraction of sp³-hybridized carbons (Fsp3) is 0.231. The number of anilines is 1. The van der Waals surface area contributed by atoms with Crippen LogP contribution in [0.15, 0.2) is 28.6 Å². The molecule has 98 valence electrons. The highest BCUT2D eigenvalue weighted by Crippen LogP contribution is 2.25. The SMILES string of the molecule is CC#CCSc1nnc(NCc2ccc(F)cc2)s1. The van der Waals surface area contributed by atoms with Crippen molar-refractivity contribution in [2.45, 2.75) is 17.8 Å². The molecule has 0 spiro atoms. The molecule has 1 N–H and O–H groups in total. The molecule has 0 aliphatic carbocycles. The van der Waals surface area contributed by atoms with E-state index in [-0.39, 0.29) is 5.82 Å². The minimum atomic E-state index is -0.226. The van der Waals surface area contributed by atoms with E-state index in [1.54, 1.807) is 23.9 Å². The van der Waals surface area contributed by atoms with Crippen molar-refractivity contribution in [2.24, 2.45) is 0 Å². The maximum atomic E-state index is 12.7. The van der Waals surface area contributed by atoms with Crippen LogP contribution in [-0.2, 0) is 6.54 Å². The number of nitrogens with one attached hydrogen (secondary N) is 1. The highest BCUT2D eigenvalue weighted by atomic mass is 32.2. The number of nitrogens with zero attached hydrogens (tertiary/aromatic N) is 2. The van der Waals surface area contributed by atoms with E-state index >= 15 is 0 Å². The predicted molar refractivity (Wildman–Crippen MR) is 77.8 cm³/mol. The van der Waals surface area contributed by atoms with Gasteiger partial charge < -0.3 is 5.32 Å². The fourth-order valence-corrected chi connectivity index (χ4v) is 2.85. The monoisotopic (exact) mass is 293 g/mol. The van der Waals surface area contributed by atoms with Crippen LogP contribution in [0, 0.1) is 17.7 Å². The first kappa shape index (κ1) is 13.8.